The van der Waals surface area contributed by atoms with Crippen molar-refractivity contribution in [3.63, 3.8) is 0 Å². The predicted molar refractivity (Wildman–Crippen MR) is 57.5 cm³/mol. The second kappa shape index (κ2) is 4.80. The van der Waals surface area contributed by atoms with Crippen molar-refractivity contribution in [3.05, 3.63) is 47.4 Å². The highest BCUT2D eigenvalue weighted by molar-refractivity contribution is 5.21. The average Bonchev–Trinajstić information content (AvgIpc) is 2.07. The van der Waals surface area contributed by atoms with Crippen molar-refractivity contribution in [3.8, 4) is 0 Å². The van der Waals surface area contributed by atoms with Gasteiger partial charge in [-0.05, 0) is 37.2 Å². The highest BCUT2D eigenvalue weighted by atomic mass is 19.1. The predicted octanol–water partition coefficient (Wildman–Crippen LogP) is 2.83. The van der Waals surface area contributed by atoms with Crippen LogP contribution < -0.4 is 0 Å². The van der Waals surface area contributed by atoms with Gasteiger partial charge in [-0.3, -0.25) is 0 Å². The molecule has 0 N–H and O–H groups in total. The van der Waals surface area contributed by atoms with E-state index in [4.69, 9.17) is 0 Å². The number of halogens is 1. The Morgan fingerprint density at radius 1 is 1.29 bits per heavy atom. The number of hydrogen-bond acceptors (Lipinski definition) is 1. The summed E-state index contributed by atoms with van der Waals surface area (Å²) in [5.74, 6) is -0.178. The van der Waals surface area contributed by atoms with Crippen molar-refractivity contribution >= 4 is 0 Å². The van der Waals surface area contributed by atoms with E-state index in [0.29, 0.717) is 0 Å². The van der Waals surface area contributed by atoms with Crippen LogP contribution in [0.5, 0.6) is 0 Å². The minimum Gasteiger partial charge on any atom is -0.384 e. The van der Waals surface area contributed by atoms with Crippen LogP contribution in [0, 0.1) is 5.82 Å². The molecule has 0 atom stereocenters. The molecule has 0 saturated heterocycles. The molecule has 76 valence electrons. The quantitative estimate of drug-likeness (QED) is 0.713. The third kappa shape index (κ3) is 3.60. The second-order valence-electron chi connectivity index (χ2n) is 3.74. The van der Waals surface area contributed by atoms with Crippen molar-refractivity contribution < 1.29 is 4.39 Å². The zero-order chi connectivity index (χ0) is 10.6. The molecule has 1 rings (SSSR count). The lowest BCUT2D eigenvalue weighted by molar-refractivity contribution is 0.556. The molecule has 0 radical (unpaired) electrons. The van der Waals surface area contributed by atoms with Gasteiger partial charge in [-0.15, -0.1) is 0 Å². The van der Waals surface area contributed by atoms with Crippen molar-refractivity contribution in [1.29, 1.82) is 0 Å². The van der Waals surface area contributed by atoms with Gasteiger partial charge in [-0.25, -0.2) is 4.39 Å². The van der Waals surface area contributed by atoms with Gasteiger partial charge in [0.15, 0.2) is 0 Å². The molecule has 0 saturated carbocycles. The lowest BCUT2D eigenvalue weighted by atomic mass is 10.1. The van der Waals surface area contributed by atoms with E-state index < -0.39 is 0 Å². The molecule has 0 amide bonds. The summed E-state index contributed by atoms with van der Waals surface area (Å²) < 4.78 is 12.6. The monoisotopic (exact) mass is 193 g/mol. The third-order valence-electron chi connectivity index (χ3n) is 1.87. The van der Waals surface area contributed by atoms with Crippen molar-refractivity contribution in [1.82, 2.24) is 4.90 Å². The molecular formula is C12H16FN. The third-order valence-corrected chi connectivity index (χ3v) is 1.87. The molecule has 1 nitrogen and oxygen atoms in total. The first kappa shape index (κ1) is 10.8. The van der Waals surface area contributed by atoms with Crippen LogP contribution in [0.15, 0.2) is 36.0 Å². The molecule has 2 heteroatoms. The van der Waals surface area contributed by atoms with Crippen LogP contribution in [-0.2, 0) is 6.42 Å². The topological polar surface area (TPSA) is 3.24 Å². The minimum absolute atomic E-state index is 0.178. The lowest BCUT2D eigenvalue weighted by Crippen LogP contribution is -2.03. The Labute approximate surface area is 84.9 Å². The van der Waals surface area contributed by atoms with Crippen molar-refractivity contribution in [2.24, 2.45) is 0 Å². The van der Waals surface area contributed by atoms with Crippen LogP contribution in [0.4, 0.5) is 4.39 Å². The first-order valence-electron chi connectivity index (χ1n) is 4.66. The smallest absolute Gasteiger partial charge is 0.123 e. The zero-order valence-electron chi connectivity index (χ0n) is 8.92. The molecule has 0 spiro atoms. The van der Waals surface area contributed by atoms with Gasteiger partial charge < -0.3 is 4.90 Å². The number of nitrogens with zero attached hydrogens (tertiary/aromatic N) is 1. The first-order valence-corrected chi connectivity index (χ1v) is 4.66. The molecule has 14 heavy (non-hydrogen) atoms. The summed E-state index contributed by atoms with van der Waals surface area (Å²) in [5, 5.41) is 0. The van der Waals surface area contributed by atoms with Crippen LogP contribution in [-0.4, -0.2) is 19.0 Å². The van der Waals surface area contributed by atoms with E-state index in [1.807, 2.05) is 31.1 Å². The summed E-state index contributed by atoms with van der Waals surface area (Å²) in [6.45, 7) is 2.07. The molecule has 0 fully saturated rings. The van der Waals surface area contributed by atoms with E-state index >= 15 is 0 Å². The Kier molecular flexibility index (Phi) is 3.69. The molecule has 0 heterocycles. The van der Waals surface area contributed by atoms with Gasteiger partial charge in [-0.2, -0.15) is 0 Å². The Balaban J connectivity index is 2.65. The highest BCUT2D eigenvalue weighted by Crippen LogP contribution is 2.08. The van der Waals surface area contributed by atoms with Crippen molar-refractivity contribution in [2.45, 2.75) is 13.3 Å². The van der Waals surface area contributed by atoms with E-state index in [0.717, 1.165) is 12.0 Å². The number of benzene rings is 1. The highest BCUT2D eigenvalue weighted by Gasteiger charge is 1.95. The molecular weight excluding hydrogens is 177 g/mol. The maximum Gasteiger partial charge on any atom is 0.123 e. The zero-order valence-corrected chi connectivity index (χ0v) is 8.92. The fourth-order valence-corrected chi connectivity index (χ4v) is 1.41. The standard InChI is InChI=1S/C12H16FN/c1-10(9-14(2)3)8-11-4-6-12(13)7-5-11/h4-7,9H,8H2,1-3H3. The van der Waals surface area contributed by atoms with E-state index in [1.165, 1.54) is 17.7 Å². The molecule has 0 bridgehead atoms. The first-order chi connectivity index (χ1) is 6.58. The van der Waals surface area contributed by atoms with Gasteiger partial charge in [0.25, 0.3) is 0 Å². The van der Waals surface area contributed by atoms with E-state index in [9.17, 15) is 4.39 Å². The molecule has 1 aromatic rings. The Hall–Kier alpha value is -1.31. The summed E-state index contributed by atoms with van der Waals surface area (Å²) in [6.07, 6.45) is 2.95. The minimum atomic E-state index is -0.178. The maximum absolute atomic E-state index is 12.6. The van der Waals surface area contributed by atoms with Gasteiger partial charge in [0, 0.05) is 14.1 Å². The van der Waals surface area contributed by atoms with Gasteiger partial charge in [0.2, 0.25) is 0 Å². The number of hydrogen-bond donors (Lipinski definition) is 0. The van der Waals surface area contributed by atoms with Crippen molar-refractivity contribution in [2.75, 3.05) is 14.1 Å². The molecule has 0 aliphatic heterocycles. The van der Waals surface area contributed by atoms with E-state index in [1.54, 1.807) is 0 Å². The fraction of sp³-hybridized carbons (Fsp3) is 0.333. The van der Waals surface area contributed by atoms with Crippen LogP contribution >= 0.6 is 0 Å². The van der Waals surface area contributed by atoms with E-state index in [2.05, 4.69) is 13.1 Å². The second-order valence-corrected chi connectivity index (χ2v) is 3.74. The molecule has 0 aromatic heterocycles. The van der Waals surface area contributed by atoms with Gasteiger partial charge in [0.1, 0.15) is 5.82 Å². The number of allylic oxidation sites excluding steroid dienone is 1. The van der Waals surface area contributed by atoms with Gasteiger partial charge in [-0.1, -0.05) is 17.7 Å². The molecule has 1 aromatic carbocycles. The summed E-state index contributed by atoms with van der Waals surface area (Å²) in [7, 11) is 3.99. The summed E-state index contributed by atoms with van der Waals surface area (Å²) >= 11 is 0. The molecule has 0 aliphatic rings. The Morgan fingerprint density at radius 3 is 2.36 bits per heavy atom. The lowest BCUT2D eigenvalue weighted by Gasteiger charge is -2.08. The fourth-order valence-electron chi connectivity index (χ4n) is 1.41. The largest absolute Gasteiger partial charge is 0.384 e. The molecule has 0 unspecified atom stereocenters. The summed E-state index contributed by atoms with van der Waals surface area (Å²) in [6, 6.07) is 6.64. The van der Waals surface area contributed by atoms with E-state index in [-0.39, 0.29) is 5.82 Å². The van der Waals surface area contributed by atoms with Gasteiger partial charge in [0.05, 0.1) is 0 Å². The normalized spacial score (nSPS) is 11.6. The number of rotatable bonds is 3. The van der Waals surface area contributed by atoms with Gasteiger partial charge >= 0.3 is 0 Å². The summed E-state index contributed by atoms with van der Waals surface area (Å²) in [5.41, 5.74) is 2.41. The Bertz CT molecular complexity index is 312. The average molecular weight is 193 g/mol. The SMILES string of the molecule is CC(=CN(C)C)Cc1ccc(F)cc1. The van der Waals surface area contributed by atoms with Crippen LogP contribution in [0.2, 0.25) is 0 Å². The molecule has 0 aliphatic carbocycles. The van der Waals surface area contributed by atoms with Crippen LogP contribution in [0.3, 0.4) is 0 Å². The maximum atomic E-state index is 12.6. The van der Waals surface area contributed by atoms with Crippen LogP contribution in [0.25, 0.3) is 0 Å². The van der Waals surface area contributed by atoms with Crippen LogP contribution in [0.1, 0.15) is 12.5 Å². The Morgan fingerprint density at radius 2 is 1.86 bits per heavy atom. The summed E-state index contributed by atoms with van der Waals surface area (Å²) in [4.78, 5) is 2.01.